The Morgan fingerprint density at radius 1 is 1.33 bits per heavy atom. The molecule has 3 unspecified atom stereocenters. The summed E-state index contributed by atoms with van der Waals surface area (Å²) in [4.78, 5) is 36.5. The van der Waals surface area contributed by atoms with Crippen molar-refractivity contribution in [1.29, 1.82) is 0 Å². The number of hydrogen-bond donors (Lipinski definition) is 3. The number of aliphatic carboxylic acids is 1. The Morgan fingerprint density at radius 3 is 2.67 bits per heavy atom. The third kappa shape index (κ3) is 3.09. The molecule has 21 heavy (non-hydrogen) atoms. The Labute approximate surface area is 126 Å². The monoisotopic (exact) mass is 313 g/mol. The fraction of sp³-hybridized carbons (Fsp3) is 0.769. The van der Waals surface area contributed by atoms with E-state index in [1.54, 1.807) is 11.8 Å². The summed E-state index contributed by atoms with van der Waals surface area (Å²) in [6.07, 6.45) is 3.12. The number of hydrogen-bond acceptors (Lipinski definition) is 4. The first kappa shape index (κ1) is 14.5. The molecule has 3 N–H and O–H groups in total. The highest BCUT2D eigenvalue weighted by Crippen LogP contribution is 2.45. The highest BCUT2D eigenvalue weighted by Gasteiger charge is 2.48. The number of carbonyl (C=O) groups is 3. The highest BCUT2D eigenvalue weighted by atomic mass is 32.2. The Kier molecular flexibility index (Phi) is 3.97. The lowest BCUT2D eigenvalue weighted by Crippen LogP contribution is -2.56. The zero-order chi connectivity index (χ0) is 15.0. The van der Waals surface area contributed by atoms with E-state index in [0.29, 0.717) is 31.1 Å². The third-order valence-electron chi connectivity index (χ3n) is 4.17. The highest BCUT2D eigenvalue weighted by molar-refractivity contribution is 8.00. The molecular formula is C13H19N3O4S. The molecule has 3 atom stereocenters. The average Bonchev–Trinajstić information content (AvgIpc) is 3.19. The molecule has 7 nitrogen and oxygen atoms in total. The molecular weight excluding hydrogens is 294 g/mol. The summed E-state index contributed by atoms with van der Waals surface area (Å²) in [5.74, 6) is -0.0731. The van der Waals surface area contributed by atoms with Gasteiger partial charge in [-0.15, -0.1) is 11.8 Å². The fourth-order valence-electron chi connectivity index (χ4n) is 2.82. The minimum Gasteiger partial charge on any atom is -0.480 e. The van der Waals surface area contributed by atoms with Gasteiger partial charge in [0.1, 0.15) is 6.04 Å². The SMILES string of the molecule is O=C1CCC(NC(=O)N2C(C(=O)O)CSC2C2CC2)CN1. The molecule has 2 aliphatic heterocycles. The molecule has 116 valence electrons. The lowest BCUT2D eigenvalue weighted by Gasteiger charge is -2.31. The lowest BCUT2D eigenvalue weighted by molar-refractivity contribution is -0.141. The molecule has 1 aliphatic carbocycles. The van der Waals surface area contributed by atoms with Gasteiger partial charge in [0, 0.05) is 24.8 Å². The molecule has 0 aromatic rings. The number of amides is 3. The Morgan fingerprint density at radius 2 is 2.10 bits per heavy atom. The molecule has 3 fully saturated rings. The average molecular weight is 313 g/mol. The minimum absolute atomic E-state index is 0.00324. The maximum Gasteiger partial charge on any atom is 0.327 e. The van der Waals surface area contributed by atoms with Crippen LogP contribution >= 0.6 is 11.8 Å². The number of thioether (sulfide) groups is 1. The molecule has 0 radical (unpaired) electrons. The smallest absolute Gasteiger partial charge is 0.327 e. The molecule has 0 spiro atoms. The van der Waals surface area contributed by atoms with E-state index in [0.717, 1.165) is 12.8 Å². The van der Waals surface area contributed by atoms with Crippen LogP contribution in [0, 0.1) is 5.92 Å². The van der Waals surface area contributed by atoms with Crippen molar-refractivity contribution in [2.24, 2.45) is 5.92 Å². The Balaban J connectivity index is 1.65. The summed E-state index contributed by atoms with van der Waals surface area (Å²) in [7, 11) is 0. The van der Waals surface area contributed by atoms with Crippen molar-refractivity contribution < 1.29 is 19.5 Å². The van der Waals surface area contributed by atoms with Crippen molar-refractivity contribution in [3.63, 3.8) is 0 Å². The number of rotatable bonds is 3. The standard InChI is InChI=1S/C13H19N3O4S/c17-10-4-3-8(5-14-10)15-13(20)16-9(12(18)19)6-21-11(16)7-1-2-7/h7-9,11H,1-6H2,(H,14,17)(H,15,20)(H,18,19). The summed E-state index contributed by atoms with van der Waals surface area (Å²) in [5, 5.41) is 14.9. The van der Waals surface area contributed by atoms with Crippen LogP contribution in [0.3, 0.4) is 0 Å². The number of carboxylic acids is 1. The quantitative estimate of drug-likeness (QED) is 0.692. The number of carboxylic acid groups (broad SMARTS) is 1. The van der Waals surface area contributed by atoms with Gasteiger partial charge in [-0.2, -0.15) is 0 Å². The molecule has 1 saturated carbocycles. The largest absolute Gasteiger partial charge is 0.480 e. The van der Waals surface area contributed by atoms with Crippen molar-refractivity contribution in [1.82, 2.24) is 15.5 Å². The van der Waals surface area contributed by atoms with Crippen molar-refractivity contribution in [3.05, 3.63) is 0 Å². The van der Waals surface area contributed by atoms with E-state index in [4.69, 9.17) is 0 Å². The molecule has 2 saturated heterocycles. The molecule has 3 amide bonds. The van der Waals surface area contributed by atoms with Gasteiger partial charge >= 0.3 is 12.0 Å². The van der Waals surface area contributed by atoms with Gasteiger partial charge in [-0.25, -0.2) is 9.59 Å². The van der Waals surface area contributed by atoms with Crippen LogP contribution in [-0.2, 0) is 9.59 Å². The van der Waals surface area contributed by atoms with Gasteiger partial charge in [-0.05, 0) is 25.2 Å². The van der Waals surface area contributed by atoms with E-state index in [-0.39, 0.29) is 23.4 Å². The van der Waals surface area contributed by atoms with E-state index < -0.39 is 12.0 Å². The molecule has 3 rings (SSSR count). The number of nitrogens with one attached hydrogen (secondary N) is 2. The molecule has 0 bridgehead atoms. The first-order valence-electron chi connectivity index (χ1n) is 7.26. The van der Waals surface area contributed by atoms with Crippen molar-refractivity contribution in [3.8, 4) is 0 Å². The van der Waals surface area contributed by atoms with E-state index in [2.05, 4.69) is 10.6 Å². The van der Waals surface area contributed by atoms with Crippen LogP contribution < -0.4 is 10.6 Å². The number of carbonyl (C=O) groups excluding carboxylic acids is 2. The molecule has 3 aliphatic rings. The van der Waals surface area contributed by atoms with Gasteiger partial charge in [0.2, 0.25) is 5.91 Å². The fourth-order valence-corrected chi connectivity index (χ4v) is 4.46. The topological polar surface area (TPSA) is 98.7 Å². The summed E-state index contributed by atoms with van der Waals surface area (Å²) in [6, 6.07) is -1.18. The van der Waals surface area contributed by atoms with Crippen LogP contribution in [0.2, 0.25) is 0 Å². The lowest BCUT2D eigenvalue weighted by atomic mass is 10.1. The Hall–Kier alpha value is -1.44. The van der Waals surface area contributed by atoms with Crippen LogP contribution in [0.1, 0.15) is 25.7 Å². The minimum atomic E-state index is -0.947. The van der Waals surface area contributed by atoms with Gasteiger partial charge in [-0.3, -0.25) is 9.69 Å². The van der Waals surface area contributed by atoms with E-state index in [1.807, 2.05) is 0 Å². The van der Waals surface area contributed by atoms with Crippen molar-refractivity contribution in [2.75, 3.05) is 12.3 Å². The van der Waals surface area contributed by atoms with Gasteiger partial charge in [0.05, 0.1) is 5.37 Å². The zero-order valence-electron chi connectivity index (χ0n) is 11.6. The predicted molar refractivity (Wildman–Crippen MR) is 76.8 cm³/mol. The number of nitrogens with zero attached hydrogens (tertiary/aromatic N) is 1. The summed E-state index contributed by atoms with van der Waals surface area (Å²) >= 11 is 1.56. The normalized spacial score (nSPS) is 32.7. The van der Waals surface area contributed by atoms with Crippen LogP contribution in [0.25, 0.3) is 0 Å². The van der Waals surface area contributed by atoms with Gasteiger partial charge in [0.15, 0.2) is 0 Å². The summed E-state index contributed by atoms with van der Waals surface area (Å²) in [6.45, 7) is 0.414. The van der Waals surface area contributed by atoms with Gasteiger partial charge < -0.3 is 15.7 Å². The van der Waals surface area contributed by atoms with Gasteiger partial charge in [0.25, 0.3) is 0 Å². The van der Waals surface area contributed by atoms with E-state index in [1.165, 1.54) is 4.90 Å². The van der Waals surface area contributed by atoms with Crippen molar-refractivity contribution in [2.45, 2.75) is 43.1 Å². The molecule has 8 heteroatoms. The maximum absolute atomic E-state index is 12.5. The number of urea groups is 1. The first-order valence-corrected chi connectivity index (χ1v) is 8.31. The second kappa shape index (κ2) is 5.75. The zero-order valence-corrected chi connectivity index (χ0v) is 12.4. The van der Waals surface area contributed by atoms with Gasteiger partial charge in [-0.1, -0.05) is 0 Å². The molecule has 2 heterocycles. The molecule has 0 aromatic heterocycles. The predicted octanol–water partition coefficient (Wildman–Crippen LogP) is 0.213. The first-order chi connectivity index (χ1) is 10.1. The summed E-state index contributed by atoms with van der Waals surface area (Å²) < 4.78 is 0. The maximum atomic E-state index is 12.5. The van der Waals surface area contributed by atoms with E-state index in [9.17, 15) is 19.5 Å². The second-order valence-corrected chi connectivity index (χ2v) is 6.96. The van der Waals surface area contributed by atoms with Crippen LogP contribution in [-0.4, -0.2) is 57.7 Å². The Bertz CT molecular complexity index is 458. The van der Waals surface area contributed by atoms with Crippen LogP contribution in [0.5, 0.6) is 0 Å². The molecule has 0 aromatic carbocycles. The second-order valence-electron chi connectivity index (χ2n) is 5.81. The van der Waals surface area contributed by atoms with Crippen molar-refractivity contribution >= 4 is 29.7 Å². The third-order valence-corrected chi connectivity index (χ3v) is 5.63. The van der Waals surface area contributed by atoms with Crippen LogP contribution in [0.15, 0.2) is 0 Å². The van der Waals surface area contributed by atoms with E-state index >= 15 is 0 Å². The number of piperidine rings is 1. The van der Waals surface area contributed by atoms with Crippen LogP contribution in [0.4, 0.5) is 4.79 Å². The summed E-state index contributed by atoms with van der Waals surface area (Å²) in [5.41, 5.74) is 0.